The molecule has 2 aromatic heterocycles. The molecular formula is C24H15N3O2S. The van der Waals surface area contributed by atoms with Gasteiger partial charge in [-0.2, -0.15) is 4.98 Å². The predicted octanol–water partition coefficient (Wildman–Crippen LogP) is 4.93. The standard InChI is InChI=1S/C24H15N3O2S/c28-21-19(24-25-16-11-5-7-13-18(16)30-24)22-26-23(29)15-10-4-6-12-17(15)27(22)20(21)14-8-2-1-3-9-14/h1-13,20,28H/t20-/m1/s1. The lowest BCUT2D eigenvalue weighted by Crippen LogP contribution is -2.19. The molecule has 5 aromatic rings. The Bertz CT molecular complexity index is 1500. The van der Waals surface area contributed by atoms with Crippen LogP contribution < -0.4 is 5.56 Å². The van der Waals surface area contributed by atoms with Gasteiger partial charge in [-0.1, -0.05) is 54.6 Å². The fourth-order valence-electron chi connectivity index (χ4n) is 4.13. The number of allylic oxidation sites excluding steroid dienone is 1. The minimum absolute atomic E-state index is 0.156. The minimum Gasteiger partial charge on any atom is -0.509 e. The molecule has 1 N–H and O–H groups in total. The third-order valence-corrected chi connectivity index (χ3v) is 6.50. The van der Waals surface area contributed by atoms with Crippen molar-refractivity contribution < 1.29 is 5.11 Å². The lowest BCUT2D eigenvalue weighted by molar-refractivity contribution is 0.365. The molecule has 0 bridgehead atoms. The molecule has 0 saturated heterocycles. The molecule has 0 unspecified atom stereocenters. The Morgan fingerprint density at radius 2 is 1.60 bits per heavy atom. The van der Waals surface area contributed by atoms with Crippen LogP contribution in [0.1, 0.15) is 22.4 Å². The highest BCUT2D eigenvalue weighted by molar-refractivity contribution is 7.19. The number of para-hydroxylation sites is 2. The van der Waals surface area contributed by atoms with Crippen molar-refractivity contribution in [2.75, 3.05) is 0 Å². The summed E-state index contributed by atoms with van der Waals surface area (Å²) >= 11 is 1.49. The van der Waals surface area contributed by atoms with Gasteiger partial charge in [-0.15, -0.1) is 11.3 Å². The number of aromatic nitrogens is 3. The van der Waals surface area contributed by atoms with E-state index in [0.717, 1.165) is 21.3 Å². The molecule has 0 fully saturated rings. The van der Waals surface area contributed by atoms with E-state index in [4.69, 9.17) is 4.98 Å². The zero-order chi connectivity index (χ0) is 20.2. The summed E-state index contributed by atoms with van der Waals surface area (Å²) in [6.07, 6.45) is 0. The van der Waals surface area contributed by atoms with Gasteiger partial charge in [0.15, 0.2) is 5.82 Å². The Balaban J connectivity index is 1.72. The van der Waals surface area contributed by atoms with Crippen LogP contribution in [0.3, 0.4) is 0 Å². The van der Waals surface area contributed by atoms with Gasteiger partial charge < -0.3 is 9.67 Å². The molecule has 1 aliphatic heterocycles. The van der Waals surface area contributed by atoms with Crippen LogP contribution in [-0.4, -0.2) is 19.6 Å². The zero-order valence-electron chi connectivity index (χ0n) is 15.7. The lowest BCUT2D eigenvalue weighted by Gasteiger charge is -2.18. The summed E-state index contributed by atoms with van der Waals surface area (Å²) in [5.41, 5.74) is 2.73. The molecule has 3 heterocycles. The van der Waals surface area contributed by atoms with Crippen molar-refractivity contribution in [2.45, 2.75) is 6.04 Å². The minimum atomic E-state index is -0.471. The third-order valence-electron chi connectivity index (χ3n) is 5.45. The van der Waals surface area contributed by atoms with Gasteiger partial charge in [0.25, 0.3) is 5.56 Å². The van der Waals surface area contributed by atoms with E-state index < -0.39 is 6.04 Å². The third kappa shape index (κ3) is 2.37. The number of fused-ring (bicyclic) bond motifs is 4. The van der Waals surface area contributed by atoms with Gasteiger partial charge >= 0.3 is 0 Å². The van der Waals surface area contributed by atoms with Crippen LogP contribution in [0, 0.1) is 0 Å². The van der Waals surface area contributed by atoms with Gasteiger partial charge in [0.05, 0.1) is 26.7 Å². The number of hydrogen-bond acceptors (Lipinski definition) is 5. The normalized spacial score (nSPS) is 15.8. The fraction of sp³-hybridized carbons (Fsp3) is 0.0417. The maximum absolute atomic E-state index is 12.8. The van der Waals surface area contributed by atoms with Gasteiger partial charge in [-0.3, -0.25) is 4.79 Å². The topological polar surface area (TPSA) is 68.0 Å². The molecule has 3 aromatic carbocycles. The smallest absolute Gasteiger partial charge is 0.281 e. The molecule has 0 spiro atoms. The maximum atomic E-state index is 12.8. The van der Waals surface area contributed by atoms with Crippen LogP contribution in [0.15, 0.2) is 89.4 Å². The summed E-state index contributed by atoms with van der Waals surface area (Å²) < 4.78 is 2.97. The van der Waals surface area contributed by atoms with E-state index in [2.05, 4.69) is 4.98 Å². The Morgan fingerprint density at radius 1 is 0.867 bits per heavy atom. The van der Waals surface area contributed by atoms with Crippen LogP contribution in [0.5, 0.6) is 0 Å². The van der Waals surface area contributed by atoms with E-state index in [1.165, 1.54) is 11.3 Å². The Labute approximate surface area is 175 Å². The fourth-order valence-corrected chi connectivity index (χ4v) is 5.14. The van der Waals surface area contributed by atoms with Crippen LogP contribution in [0.2, 0.25) is 0 Å². The molecule has 144 valence electrons. The molecule has 6 rings (SSSR count). The molecular weight excluding hydrogens is 394 g/mol. The van der Waals surface area contributed by atoms with Crippen LogP contribution in [0.4, 0.5) is 0 Å². The summed E-state index contributed by atoms with van der Waals surface area (Å²) in [6.45, 7) is 0. The first-order valence-corrected chi connectivity index (χ1v) is 10.4. The quantitative estimate of drug-likeness (QED) is 0.449. The van der Waals surface area contributed by atoms with E-state index >= 15 is 0 Å². The van der Waals surface area contributed by atoms with Crippen molar-refractivity contribution in [1.29, 1.82) is 0 Å². The molecule has 5 nitrogen and oxygen atoms in total. The number of rotatable bonds is 2. The number of aliphatic hydroxyl groups is 1. The van der Waals surface area contributed by atoms with Crippen LogP contribution in [0.25, 0.3) is 26.7 Å². The molecule has 1 atom stereocenters. The monoisotopic (exact) mass is 409 g/mol. The van der Waals surface area contributed by atoms with E-state index in [1.54, 1.807) is 6.07 Å². The first kappa shape index (κ1) is 17.1. The number of aliphatic hydroxyl groups excluding tert-OH is 1. The summed E-state index contributed by atoms with van der Waals surface area (Å²) in [5.74, 6) is 0.604. The lowest BCUT2D eigenvalue weighted by atomic mass is 10.0. The van der Waals surface area contributed by atoms with Crippen molar-refractivity contribution >= 4 is 38.0 Å². The van der Waals surface area contributed by atoms with Gasteiger partial charge in [-0.05, 0) is 29.8 Å². The highest BCUT2D eigenvalue weighted by Gasteiger charge is 2.36. The van der Waals surface area contributed by atoms with Crippen molar-refractivity contribution in [3.8, 4) is 0 Å². The molecule has 0 saturated carbocycles. The van der Waals surface area contributed by atoms with E-state index in [9.17, 15) is 9.90 Å². The van der Waals surface area contributed by atoms with Gasteiger partial charge in [0.2, 0.25) is 0 Å². The second-order valence-electron chi connectivity index (χ2n) is 7.19. The molecule has 0 aliphatic carbocycles. The predicted molar refractivity (Wildman–Crippen MR) is 119 cm³/mol. The van der Waals surface area contributed by atoms with Crippen LogP contribution >= 0.6 is 11.3 Å². The van der Waals surface area contributed by atoms with Crippen molar-refractivity contribution in [1.82, 2.24) is 14.5 Å². The van der Waals surface area contributed by atoms with E-state index in [-0.39, 0.29) is 11.3 Å². The maximum Gasteiger partial charge on any atom is 0.281 e. The SMILES string of the molecule is O=c1nc2n(c3ccccc13)[C@H](c1ccccc1)C(O)=C2c1nc2ccccc2s1. The molecule has 6 heteroatoms. The van der Waals surface area contributed by atoms with E-state index in [1.807, 2.05) is 77.4 Å². The largest absolute Gasteiger partial charge is 0.509 e. The number of thiazole rings is 1. The first-order valence-electron chi connectivity index (χ1n) is 9.58. The van der Waals surface area contributed by atoms with E-state index in [0.29, 0.717) is 21.8 Å². The number of benzene rings is 3. The van der Waals surface area contributed by atoms with Crippen LogP contribution in [-0.2, 0) is 0 Å². The highest BCUT2D eigenvalue weighted by atomic mass is 32.1. The summed E-state index contributed by atoms with van der Waals surface area (Å²) in [7, 11) is 0. The van der Waals surface area contributed by atoms with Gasteiger partial charge in [0, 0.05) is 0 Å². The first-order chi connectivity index (χ1) is 14.7. The van der Waals surface area contributed by atoms with Crippen molar-refractivity contribution in [3.05, 3.63) is 111 Å². The average molecular weight is 409 g/mol. The summed E-state index contributed by atoms with van der Waals surface area (Å²) in [6, 6.07) is 24.5. The Morgan fingerprint density at radius 3 is 2.43 bits per heavy atom. The average Bonchev–Trinajstić information content (AvgIpc) is 3.32. The highest BCUT2D eigenvalue weighted by Crippen LogP contribution is 2.44. The summed E-state index contributed by atoms with van der Waals surface area (Å²) in [5, 5.41) is 12.6. The second kappa shape index (κ2) is 6.37. The molecule has 30 heavy (non-hydrogen) atoms. The molecule has 1 aliphatic rings. The van der Waals surface area contributed by atoms with Gasteiger partial charge in [-0.25, -0.2) is 4.98 Å². The Hall–Kier alpha value is -3.77. The number of hydrogen-bond donors (Lipinski definition) is 1. The van der Waals surface area contributed by atoms with Crippen molar-refractivity contribution in [3.63, 3.8) is 0 Å². The second-order valence-corrected chi connectivity index (χ2v) is 8.22. The zero-order valence-corrected chi connectivity index (χ0v) is 16.5. The molecule has 0 radical (unpaired) electrons. The molecule has 0 amide bonds. The summed E-state index contributed by atoms with van der Waals surface area (Å²) in [4.78, 5) is 21.9. The Kier molecular flexibility index (Phi) is 3.63. The number of nitrogens with zero attached hydrogens (tertiary/aromatic N) is 3. The van der Waals surface area contributed by atoms with Gasteiger partial charge in [0.1, 0.15) is 16.8 Å². The van der Waals surface area contributed by atoms with Crippen molar-refractivity contribution in [2.24, 2.45) is 0 Å².